The molecule has 0 saturated carbocycles. The summed E-state index contributed by atoms with van der Waals surface area (Å²) in [7, 11) is 0. The predicted molar refractivity (Wildman–Crippen MR) is 98.3 cm³/mol. The minimum atomic E-state index is 0.0432. The lowest BCUT2D eigenvalue weighted by molar-refractivity contribution is 0.166. The molecular weight excluding hydrogens is 314 g/mol. The lowest BCUT2D eigenvalue weighted by atomic mass is 10.0. The second-order valence-corrected chi connectivity index (χ2v) is 7.15. The van der Waals surface area contributed by atoms with Gasteiger partial charge >= 0.3 is 6.03 Å². The molecule has 1 unspecified atom stereocenters. The van der Waals surface area contributed by atoms with Crippen LogP contribution in [-0.4, -0.2) is 45.1 Å². The zero-order valence-corrected chi connectivity index (χ0v) is 15.3. The number of hydrogen-bond acceptors (Lipinski definition) is 3. The van der Waals surface area contributed by atoms with Gasteiger partial charge in [0, 0.05) is 49.5 Å². The Morgan fingerprint density at radius 3 is 2.84 bits per heavy atom. The van der Waals surface area contributed by atoms with Gasteiger partial charge < -0.3 is 14.8 Å². The van der Waals surface area contributed by atoms with Gasteiger partial charge in [-0.05, 0) is 37.8 Å². The van der Waals surface area contributed by atoms with Gasteiger partial charge in [0.05, 0.1) is 6.04 Å². The van der Waals surface area contributed by atoms with E-state index in [1.54, 1.807) is 12.4 Å². The first kappa shape index (κ1) is 17.5. The molecule has 1 saturated heterocycles. The van der Waals surface area contributed by atoms with Gasteiger partial charge in [0.1, 0.15) is 5.82 Å². The summed E-state index contributed by atoms with van der Waals surface area (Å²) in [4.78, 5) is 23.1. The Bertz CT molecular complexity index is 710. The lowest BCUT2D eigenvalue weighted by Crippen LogP contribution is -2.46. The normalized spacial score (nSPS) is 17.8. The fourth-order valence-electron chi connectivity index (χ4n) is 3.37. The maximum atomic E-state index is 12.4. The van der Waals surface area contributed by atoms with Crippen LogP contribution in [0.1, 0.15) is 38.4 Å². The number of carbonyl (C=O) groups is 1. The van der Waals surface area contributed by atoms with Crippen LogP contribution in [0.3, 0.4) is 0 Å². The number of likely N-dealkylation sites (tertiary alicyclic amines) is 1. The van der Waals surface area contributed by atoms with E-state index in [-0.39, 0.29) is 12.1 Å². The summed E-state index contributed by atoms with van der Waals surface area (Å²) in [6, 6.07) is 4.26. The Balaban J connectivity index is 1.78. The number of carbonyl (C=O) groups excluding carboxylic acids is 1. The molecule has 2 amide bonds. The fraction of sp³-hybridized carbons (Fsp3) is 0.526. The Morgan fingerprint density at radius 1 is 1.36 bits per heavy atom. The Labute approximate surface area is 149 Å². The topological polar surface area (TPSA) is 63.1 Å². The fourth-order valence-corrected chi connectivity index (χ4v) is 3.37. The van der Waals surface area contributed by atoms with Crippen LogP contribution in [0, 0.1) is 12.8 Å². The van der Waals surface area contributed by atoms with E-state index in [1.165, 1.54) is 0 Å². The van der Waals surface area contributed by atoms with Gasteiger partial charge in [-0.15, -0.1) is 0 Å². The number of aromatic nitrogens is 3. The lowest BCUT2D eigenvalue weighted by Gasteiger charge is -2.35. The molecule has 6 heteroatoms. The van der Waals surface area contributed by atoms with E-state index >= 15 is 0 Å². The third kappa shape index (κ3) is 4.00. The first-order valence-corrected chi connectivity index (χ1v) is 9.03. The highest BCUT2D eigenvalue weighted by atomic mass is 16.2. The van der Waals surface area contributed by atoms with Crippen molar-refractivity contribution in [1.29, 1.82) is 0 Å². The number of amides is 2. The number of rotatable bonds is 4. The highest BCUT2D eigenvalue weighted by Gasteiger charge is 2.27. The second kappa shape index (κ2) is 7.68. The molecular formula is C19H27N5O. The van der Waals surface area contributed by atoms with Gasteiger partial charge in [-0.1, -0.05) is 13.8 Å². The van der Waals surface area contributed by atoms with Crippen LogP contribution in [0.2, 0.25) is 0 Å². The van der Waals surface area contributed by atoms with Crippen molar-refractivity contribution < 1.29 is 4.79 Å². The molecule has 1 atom stereocenters. The standard InChI is InChI=1S/C19H27N5O/c1-14(2)11-22-19(25)23-10-4-5-17(13-23)24-15(3)12-21-18(24)16-6-8-20-9-7-16/h6-9,12,14,17H,4-5,10-11,13H2,1-3H3,(H,22,25). The third-order valence-electron chi connectivity index (χ3n) is 4.63. The monoisotopic (exact) mass is 341 g/mol. The minimum Gasteiger partial charge on any atom is -0.338 e. The smallest absolute Gasteiger partial charge is 0.317 e. The molecule has 1 aliphatic rings. The highest BCUT2D eigenvalue weighted by molar-refractivity contribution is 5.74. The number of hydrogen-bond donors (Lipinski definition) is 1. The van der Waals surface area contributed by atoms with E-state index in [0.717, 1.165) is 43.0 Å². The maximum Gasteiger partial charge on any atom is 0.317 e. The molecule has 134 valence electrons. The molecule has 3 rings (SSSR count). The van der Waals surface area contributed by atoms with E-state index in [4.69, 9.17) is 0 Å². The van der Waals surface area contributed by atoms with Crippen molar-refractivity contribution in [1.82, 2.24) is 24.8 Å². The van der Waals surface area contributed by atoms with Crippen LogP contribution in [0.25, 0.3) is 11.4 Å². The molecule has 0 spiro atoms. The summed E-state index contributed by atoms with van der Waals surface area (Å²) in [5.41, 5.74) is 2.19. The minimum absolute atomic E-state index is 0.0432. The number of pyridine rings is 1. The molecule has 3 heterocycles. The van der Waals surface area contributed by atoms with Gasteiger partial charge in [0.15, 0.2) is 0 Å². The van der Waals surface area contributed by atoms with Crippen LogP contribution in [0.15, 0.2) is 30.7 Å². The van der Waals surface area contributed by atoms with Crippen LogP contribution in [-0.2, 0) is 0 Å². The quantitative estimate of drug-likeness (QED) is 0.928. The number of aryl methyl sites for hydroxylation is 1. The Hall–Kier alpha value is -2.37. The summed E-state index contributed by atoms with van der Waals surface area (Å²) in [5, 5.41) is 3.03. The first-order valence-electron chi connectivity index (χ1n) is 9.03. The van der Waals surface area contributed by atoms with Crippen LogP contribution in [0.4, 0.5) is 4.79 Å². The molecule has 6 nitrogen and oxygen atoms in total. The van der Waals surface area contributed by atoms with Crippen molar-refractivity contribution in [2.45, 2.75) is 39.7 Å². The maximum absolute atomic E-state index is 12.4. The van der Waals surface area contributed by atoms with Crippen LogP contribution >= 0.6 is 0 Å². The second-order valence-electron chi connectivity index (χ2n) is 7.15. The van der Waals surface area contributed by atoms with E-state index in [9.17, 15) is 4.79 Å². The molecule has 0 aliphatic carbocycles. The van der Waals surface area contributed by atoms with Gasteiger partial charge in [-0.2, -0.15) is 0 Å². The zero-order chi connectivity index (χ0) is 17.8. The largest absolute Gasteiger partial charge is 0.338 e. The van der Waals surface area contributed by atoms with Crippen molar-refractivity contribution in [3.8, 4) is 11.4 Å². The van der Waals surface area contributed by atoms with Gasteiger partial charge in [-0.25, -0.2) is 9.78 Å². The van der Waals surface area contributed by atoms with Crippen LogP contribution < -0.4 is 5.32 Å². The summed E-state index contributed by atoms with van der Waals surface area (Å²) >= 11 is 0. The number of nitrogens with one attached hydrogen (secondary N) is 1. The molecule has 2 aromatic rings. The number of urea groups is 1. The average Bonchev–Trinajstić information content (AvgIpc) is 3.02. The number of imidazole rings is 1. The van der Waals surface area contributed by atoms with Crippen molar-refractivity contribution >= 4 is 6.03 Å². The molecule has 0 radical (unpaired) electrons. The summed E-state index contributed by atoms with van der Waals surface area (Å²) in [6.45, 7) is 8.55. The van der Waals surface area contributed by atoms with E-state index in [2.05, 4.69) is 40.6 Å². The molecule has 1 N–H and O–H groups in total. The highest BCUT2D eigenvalue weighted by Crippen LogP contribution is 2.29. The molecule has 0 bridgehead atoms. The van der Waals surface area contributed by atoms with Gasteiger partial charge in [0.25, 0.3) is 0 Å². The average molecular weight is 341 g/mol. The van der Waals surface area contributed by atoms with Crippen LogP contribution in [0.5, 0.6) is 0 Å². The van der Waals surface area contributed by atoms with Crippen molar-refractivity contribution in [3.63, 3.8) is 0 Å². The van der Waals surface area contributed by atoms with E-state index in [1.807, 2.05) is 23.2 Å². The van der Waals surface area contributed by atoms with E-state index in [0.29, 0.717) is 12.5 Å². The van der Waals surface area contributed by atoms with Crippen molar-refractivity contribution in [2.24, 2.45) is 5.92 Å². The zero-order valence-electron chi connectivity index (χ0n) is 15.3. The molecule has 2 aromatic heterocycles. The SMILES string of the molecule is Cc1cnc(-c2ccncc2)n1C1CCCN(C(=O)NCC(C)C)C1. The predicted octanol–water partition coefficient (Wildman–Crippen LogP) is 3.26. The Morgan fingerprint density at radius 2 is 2.12 bits per heavy atom. The van der Waals surface area contributed by atoms with Gasteiger partial charge in [0.2, 0.25) is 0 Å². The summed E-state index contributed by atoms with van der Waals surface area (Å²) in [6.07, 6.45) is 7.55. The van der Waals surface area contributed by atoms with Crippen molar-refractivity contribution in [2.75, 3.05) is 19.6 Å². The third-order valence-corrected chi connectivity index (χ3v) is 4.63. The number of piperidine rings is 1. The summed E-state index contributed by atoms with van der Waals surface area (Å²) < 4.78 is 2.28. The molecule has 1 aliphatic heterocycles. The molecule has 1 fully saturated rings. The summed E-state index contributed by atoms with van der Waals surface area (Å²) in [5.74, 6) is 1.41. The van der Waals surface area contributed by atoms with Crippen molar-refractivity contribution in [3.05, 3.63) is 36.4 Å². The van der Waals surface area contributed by atoms with E-state index < -0.39 is 0 Å². The van der Waals surface area contributed by atoms with Gasteiger partial charge in [-0.3, -0.25) is 4.98 Å². The molecule has 25 heavy (non-hydrogen) atoms. The number of nitrogens with zero attached hydrogens (tertiary/aromatic N) is 4. The first-order chi connectivity index (χ1) is 12.1. The molecule has 0 aromatic carbocycles. The Kier molecular flexibility index (Phi) is 5.36.